The summed E-state index contributed by atoms with van der Waals surface area (Å²) < 4.78 is 5.40. The smallest absolute Gasteiger partial charge is 0.408 e. The van der Waals surface area contributed by atoms with Crippen molar-refractivity contribution in [2.24, 2.45) is 5.92 Å². The molecule has 40 heavy (non-hydrogen) atoms. The zero-order valence-corrected chi connectivity index (χ0v) is 23.4. The fraction of sp³-hybridized carbons (Fsp3) is 0.375. The Morgan fingerprint density at radius 1 is 0.825 bits per heavy atom. The Labute approximate surface area is 235 Å². The maximum absolute atomic E-state index is 13.7. The van der Waals surface area contributed by atoms with E-state index in [1.54, 1.807) is 0 Å². The van der Waals surface area contributed by atoms with E-state index in [0.29, 0.717) is 12.8 Å². The Morgan fingerprint density at radius 2 is 1.50 bits per heavy atom. The van der Waals surface area contributed by atoms with Gasteiger partial charge in [-0.2, -0.15) is 0 Å². The Hall–Kier alpha value is -4.20. The molecule has 0 saturated carbocycles. The lowest BCUT2D eigenvalue weighted by Crippen LogP contribution is -2.55. The number of rotatable bonds is 14. The van der Waals surface area contributed by atoms with Crippen molar-refractivity contribution in [1.29, 1.82) is 0 Å². The van der Waals surface area contributed by atoms with E-state index in [1.807, 2.05) is 93.6 Å². The van der Waals surface area contributed by atoms with Crippen LogP contribution in [-0.4, -0.2) is 42.3 Å². The average molecular weight is 546 g/mol. The van der Waals surface area contributed by atoms with Crippen molar-refractivity contribution < 1.29 is 23.9 Å². The molecule has 3 rings (SSSR count). The van der Waals surface area contributed by atoms with Gasteiger partial charge in [0.2, 0.25) is 11.8 Å². The molecule has 3 amide bonds. The lowest BCUT2D eigenvalue weighted by atomic mass is 9.97. The zero-order valence-electron chi connectivity index (χ0n) is 23.4. The highest BCUT2D eigenvalue weighted by molar-refractivity contribution is 5.92. The van der Waals surface area contributed by atoms with Crippen LogP contribution >= 0.6 is 0 Å². The molecule has 212 valence electrons. The molecule has 8 heteroatoms. The summed E-state index contributed by atoms with van der Waals surface area (Å²) in [5, 5.41) is 10.4. The van der Waals surface area contributed by atoms with Crippen LogP contribution in [0, 0.1) is 5.92 Å². The number of alkyl carbamates (subject to hydrolysis) is 1. The maximum Gasteiger partial charge on any atom is 0.408 e. The van der Waals surface area contributed by atoms with Gasteiger partial charge in [0, 0.05) is 18.9 Å². The van der Waals surface area contributed by atoms with Gasteiger partial charge in [0.15, 0.2) is 0 Å². The van der Waals surface area contributed by atoms with Crippen molar-refractivity contribution in [3.05, 3.63) is 83.9 Å². The number of amides is 3. The monoisotopic (exact) mass is 545 g/mol. The molecular weight excluding hydrogens is 506 g/mol. The number of nitrogens with one attached hydrogen (secondary N) is 3. The van der Waals surface area contributed by atoms with Gasteiger partial charge in [0.1, 0.15) is 25.0 Å². The third kappa shape index (κ3) is 9.22. The fourth-order valence-corrected chi connectivity index (χ4v) is 4.53. The van der Waals surface area contributed by atoms with Gasteiger partial charge in [-0.1, -0.05) is 93.6 Å². The zero-order chi connectivity index (χ0) is 28.9. The molecule has 0 saturated heterocycles. The normalized spacial score (nSPS) is 13.2. The van der Waals surface area contributed by atoms with Crippen LogP contribution in [0.1, 0.15) is 51.2 Å². The van der Waals surface area contributed by atoms with E-state index < -0.39 is 24.1 Å². The molecule has 0 aliphatic carbocycles. The van der Waals surface area contributed by atoms with Gasteiger partial charge in [0.25, 0.3) is 0 Å². The predicted octanol–water partition coefficient (Wildman–Crippen LogP) is 4.69. The highest BCUT2D eigenvalue weighted by Crippen LogP contribution is 2.20. The molecule has 1 unspecified atom stereocenters. The van der Waals surface area contributed by atoms with Gasteiger partial charge in [-0.25, -0.2) is 4.79 Å². The molecule has 3 aromatic rings. The van der Waals surface area contributed by atoms with Gasteiger partial charge in [-0.15, -0.1) is 0 Å². The van der Waals surface area contributed by atoms with E-state index in [1.165, 1.54) is 0 Å². The molecular formula is C32H39N3O5. The standard InChI is InChI=1S/C32H39N3O5/c1-4-26(17-18-36)33-30(37)28(19-22(2)3)34-31(38)29(35-32(39)40-21-23-11-6-5-7-12-23)20-25-15-10-14-24-13-8-9-16-27(24)25/h5-16,18,22,26,28-29H,4,17,19-21H2,1-3H3,(H,33,37)(H,34,38)(H,35,39)/t26?,28-,29-/m0/s1. The van der Waals surface area contributed by atoms with Crippen molar-refractivity contribution in [3.63, 3.8) is 0 Å². The lowest BCUT2D eigenvalue weighted by Gasteiger charge is -2.26. The topological polar surface area (TPSA) is 114 Å². The summed E-state index contributed by atoms with van der Waals surface area (Å²) in [6.07, 6.45) is 1.43. The number of hydrogen-bond acceptors (Lipinski definition) is 5. The van der Waals surface area contributed by atoms with E-state index in [4.69, 9.17) is 4.74 Å². The van der Waals surface area contributed by atoms with Crippen LogP contribution in [0.2, 0.25) is 0 Å². The van der Waals surface area contributed by atoms with Gasteiger partial charge < -0.3 is 25.5 Å². The van der Waals surface area contributed by atoms with Gasteiger partial charge in [0.05, 0.1) is 0 Å². The predicted molar refractivity (Wildman–Crippen MR) is 155 cm³/mol. The first-order chi connectivity index (χ1) is 19.3. The molecule has 0 aliphatic rings. The summed E-state index contributed by atoms with van der Waals surface area (Å²) in [6, 6.07) is 20.8. The summed E-state index contributed by atoms with van der Waals surface area (Å²) in [5.74, 6) is -0.734. The first kappa shape index (κ1) is 30.3. The summed E-state index contributed by atoms with van der Waals surface area (Å²) >= 11 is 0. The number of aldehydes is 1. The molecule has 3 aromatic carbocycles. The Kier molecular flexibility index (Phi) is 11.7. The molecule has 0 fully saturated rings. The first-order valence-corrected chi connectivity index (χ1v) is 13.8. The number of fused-ring (bicyclic) bond motifs is 1. The summed E-state index contributed by atoms with van der Waals surface area (Å²) in [7, 11) is 0. The number of carbonyl (C=O) groups excluding carboxylic acids is 4. The second-order valence-electron chi connectivity index (χ2n) is 10.3. The third-order valence-corrected chi connectivity index (χ3v) is 6.69. The number of ether oxygens (including phenoxy) is 1. The SMILES string of the molecule is CCC(CC=O)NC(=O)[C@H](CC(C)C)NC(=O)[C@H](Cc1cccc2ccccc12)NC(=O)OCc1ccccc1. The van der Waals surface area contributed by atoms with Crippen LogP contribution in [0.3, 0.4) is 0 Å². The third-order valence-electron chi connectivity index (χ3n) is 6.69. The van der Waals surface area contributed by atoms with E-state index in [-0.39, 0.29) is 37.3 Å². The van der Waals surface area contributed by atoms with E-state index in [9.17, 15) is 19.2 Å². The molecule has 3 N–H and O–H groups in total. The van der Waals surface area contributed by atoms with Crippen LogP contribution in [0.25, 0.3) is 10.8 Å². The highest BCUT2D eigenvalue weighted by Gasteiger charge is 2.29. The van der Waals surface area contributed by atoms with Crippen LogP contribution in [0.15, 0.2) is 72.8 Å². The number of carbonyl (C=O) groups is 4. The number of benzene rings is 3. The molecule has 0 radical (unpaired) electrons. The van der Waals surface area contributed by atoms with Crippen LogP contribution in [-0.2, 0) is 32.1 Å². The second-order valence-corrected chi connectivity index (χ2v) is 10.3. The molecule has 0 heterocycles. The molecule has 0 spiro atoms. The Morgan fingerprint density at radius 3 is 2.20 bits per heavy atom. The van der Waals surface area contributed by atoms with E-state index in [2.05, 4.69) is 16.0 Å². The second kappa shape index (κ2) is 15.4. The van der Waals surface area contributed by atoms with Crippen molar-refractivity contribution in [1.82, 2.24) is 16.0 Å². The first-order valence-electron chi connectivity index (χ1n) is 13.8. The lowest BCUT2D eigenvalue weighted by molar-refractivity contribution is -0.130. The Balaban J connectivity index is 1.81. The van der Waals surface area contributed by atoms with Crippen molar-refractivity contribution in [3.8, 4) is 0 Å². The largest absolute Gasteiger partial charge is 0.445 e. The molecule has 0 aromatic heterocycles. The van der Waals surface area contributed by atoms with Crippen molar-refractivity contribution in [2.45, 2.75) is 71.2 Å². The summed E-state index contributed by atoms with van der Waals surface area (Å²) in [5.41, 5.74) is 1.70. The van der Waals surface area contributed by atoms with Crippen LogP contribution in [0.5, 0.6) is 0 Å². The minimum absolute atomic E-state index is 0.0583. The van der Waals surface area contributed by atoms with Crippen LogP contribution < -0.4 is 16.0 Å². The Bertz CT molecular complexity index is 1270. The van der Waals surface area contributed by atoms with Crippen molar-refractivity contribution in [2.75, 3.05) is 0 Å². The maximum atomic E-state index is 13.7. The minimum Gasteiger partial charge on any atom is -0.445 e. The van der Waals surface area contributed by atoms with Crippen LogP contribution in [0.4, 0.5) is 4.79 Å². The van der Waals surface area contributed by atoms with Gasteiger partial charge >= 0.3 is 6.09 Å². The summed E-state index contributed by atoms with van der Waals surface area (Å²) in [4.78, 5) is 50.6. The van der Waals surface area contributed by atoms with Gasteiger partial charge in [-0.3, -0.25) is 9.59 Å². The fourth-order valence-electron chi connectivity index (χ4n) is 4.53. The quantitative estimate of drug-likeness (QED) is 0.254. The molecule has 3 atom stereocenters. The van der Waals surface area contributed by atoms with Gasteiger partial charge in [-0.05, 0) is 40.7 Å². The van der Waals surface area contributed by atoms with E-state index in [0.717, 1.165) is 28.2 Å². The van der Waals surface area contributed by atoms with E-state index >= 15 is 0 Å². The summed E-state index contributed by atoms with van der Waals surface area (Å²) in [6.45, 7) is 5.86. The van der Waals surface area contributed by atoms with Crippen molar-refractivity contribution >= 4 is 35.0 Å². The highest BCUT2D eigenvalue weighted by atomic mass is 16.5. The molecule has 8 nitrogen and oxygen atoms in total. The number of hydrogen-bond donors (Lipinski definition) is 3. The minimum atomic E-state index is -0.992. The molecule has 0 aliphatic heterocycles. The average Bonchev–Trinajstić information content (AvgIpc) is 2.95. The molecule has 0 bridgehead atoms.